The summed E-state index contributed by atoms with van der Waals surface area (Å²) >= 11 is 3.10. The number of amides is 2. The topological polar surface area (TPSA) is 82.1 Å². The van der Waals surface area contributed by atoms with Crippen molar-refractivity contribution in [2.24, 2.45) is 0 Å². The van der Waals surface area contributed by atoms with Crippen molar-refractivity contribution in [1.82, 2.24) is 29.2 Å². The van der Waals surface area contributed by atoms with E-state index in [1.165, 1.54) is 78.4 Å². The zero-order valence-corrected chi connectivity index (χ0v) is 32.8. The molecule has 0 radical (unpaired) electrons. The van der Waals surface area contributed by atoms with Crippen LogP contribution < -0.4 is 4.74 Å². The van der Waals surface area contributed by atoms with Gasteiger partial charge in [0.25, 0.3) is 11.8 Å². The van der Waals surface area contributed by atoms with Crippen LogP contribution in [0.15, 0.2) is 78.2 Å². The third-order valence-corrected chi connectivity index (χ3v) is 13.2. The molecule has 0 spiro atoms. The summed E-state index contributed by atoms with van der Waals surface area (Å²) in [5.74, 6) is 1.23. The maximum absolute atomic E-state index is 13.2. The summed E-state index contributed by atoms with van der Waals surface area (Å²) in [7, 11) is 1.70. The summed E-state index contributed by atoms with van der Waals surface area (Å²) in [4.78, 5) is 36.5. The van der Waals surface area contributed by atoms with Crippen molar-refractivity contribution in [3.05, 3.63) is 89.3 Å². The van der Waals surface area contributed by atoms with E-state index in [2.05, 4.69) is 59.5 Å². The fraction of sp³-hybridized carbons (Fsp3) is 0.442. The van der Waals surface area contributed by atoms with Crippen LogP contribution in [-0.2, 0) is 0 Å². The van der Waals surface area contributed by atoms with E-state index < -0.39 is 0 Å². The summed E-state index contributed by atoms with van der Waals surface area (Å²) in [5, 5.41) is 7.22. The van der Waals surface area contributed by atoms with Crippen molar-refractivity contribution in [3.8, 4) is 27.4 Å². The van der Waals surface area contributed by atoms with E-state index in [4.69, 9.17) is 4.74 Å². The molecule has 4 aliphatic rings. The van der Waals surface area contributed by atoms with Crippen LogP contribution in [-0.4, -0.2) is 113 Å². The molecular formula is C43H50N6O3S2. The molecule has 4 saturated heterocycles. The maximum atomic E-state index is 13.2. The molecule has 4 fully saturated rings. The van der Waals surface area contributed by atoms with Gasteiger partial charge >= 0.3 is 0 Å². The van der Waals surface area contributed by atoms with Gasteiger partial charge in [-0.15, -0.1) is 16.4 Å². The van der Waals surface area contributed by atoms with E-state index in [-0.39, 0.29) is 11.8 Å². The number of thiophene rings is 1. The van der Waals surface area contributed by atoms with E-state index in [0.717, 1.165) is 85.6 Å². The van der Waals surface area contributed by atoms with Gasteiger partial charge in [0.2, 0.25) is 0 Å². The number of benzene rings is 3. The second-order valence-electron chi connectivity index (χ2n) is 15.1. The van der Waals surface area contributed by atoms with E-state index in [1.54, 1.807) is 18.4 Å². The lowest BCUT2D eigenvalue weighted by molar-refractivity contribution is 0.0701. The van der Waals surface area contributed by atoms with Gasteiger partial charge in [0.15, 0.2) is 0 Å². The molecule has 4 aliphatic heterocycles. The van der Waals surface area contributed by atoms with E-state index in [0.29, 0.717) is 12.1 Å². The van der Waals surface area contributed by atoms with Crippen LogP contribution >= 0.6 is 22.9 Å². The third kappa shape index (κ3) is 8.39. The summed E-state index contributed by atoms with van der Waals surface area (Å²) in [6, 6.07) is 25.1. The van der Waals surface area contributed by atoms with Gasteiger partial charge in [-0.3, -0.25) is 9.59 Å². The highest BCUT2D eigenvalue weighted by atomic mass is 32.1. The smallest absolute Gasteiger partial charge is 0.254 e. The van der Waals surface area contributed by atoms with Gasteiger partial charge in [0, 0.05) is 69.9 Å². The predicted molar refractivity (Wildman–Crippen MR) is 219 cm³/mol. The molecule has 0 saturated carbocycles. The van der Waals surface area contributed by atoms with Crippen LogP contribution in [0.4, 0.5) is 0 Å². The first-order valence-electron chi connectivity index (χ1n) is 19.6. The number of rotatable bonds is 9. The predicted octanol–water partition coefficient (Wildman–Crippen LogP) is 8.18. The standard InChI is InChI=1S/C25H28N2O2S.C18H22N4OS/c1-29-22-11-10-20-15-23(30-24(20)16-22)18-6-8-19(9-7-18)25(28)27-14-4-5-21(27)17-26-12-2-3-13-26;23-18(15-7-5-14(6-8-15)17-13-24-20-19-17)22-11-3-4-16(22)12-21-9-1-2-10-21/h6-11,15-16,21H,2-5,12-14,17H2,1H3;5-8,13,16H,1-4,9-12H2. The van der Waals surface area contributed by atoms with Crippen molar-refractivity contribution in [2.75, 3.05) is 59.5 Å². The Bertz CT molecular complexity index is 2000. The van der Waals surface area contributed by atoms with Gasteiger partial charge in [-0.05, 0) is 149 Å². The monoisotopic (exact) mass is 762 g/mol. The number of nitrogens with zero attached hydrogens (tertiary/aromatic N) is 6. The normalized spacial score (nSPS) is 20.5. The number of fused-ring (bicyclic) bond motifs is 1. The number of methoxy groups -OCH3 is 1. The van der Waals surface area contributed by atoms with Gasteiger partial charge < -0.3 is 24.3 Å². The minimum atomic E-state index is 0.166. The summed E-state index contributed by atoms with van der Waals surface area (Å²) in [6.07, 6.45) is 9.69. The highest BCUT2D eigenvalue weighted by Crippen LogP contribution is 2.36. The fourth-order valence-electron chi connectivity index (χ4n) is 8.58. The molecule has 3 aromatic carbocycles. The summed E-state index contributed by atoms with van der Waals surface area (Å²) in [6.45, 7) is 8.60. The number of aromatic nitrogens is 2. The molecule has 5 aromatic rings. The van der Waals surface area contributed by atoms with Gasteiger partial charge in [-0.2, -0.15) is 0 Å². The number of ether oxygens (including phenoxy) is 1. The number of carbonyl (C=O) groups is 2. The second-order valence-corrected chi connectivity index (χ2v) is 16.8. The molecule has 2 atom stereocenters. The largest absolute Gasteiger partial charge is 0.497 e. The molecule has 9 nitrogen and oxygen atoms in total. The molecule has 54 heavy (non-hydrogen) atoms. The molecule has 6 heterocycles. The zero-order chi connectivity index (χ0) is 36.9. The lowest BCUT2D eigenvalue weighted by atomic mass is 10.1. The molecule has 0 bridgehead atoms. The molecule has 2 aromatic heterocycles. The Kier molecular flexibility index (Phi) is 11.7. The van der Waals surface area contributed by atoms with Gasteiger partial charge in [-0.1, -0.05) is 28.8 Å². The van der Waals surface area contributed by atoms with Crippen LogP contribution in [0.5, 0.6) is 5.75 Å². The first kappa shape index (κ1) is 36.8. The summed E-state index contributed by atoms with van der Waals surface area (Å²) < 4.78 is 10.4. The Morgan fingerprint density at radius 3 is 1.76 bits per heavy atom. The maximum Gasteiger partial charge on any atom is 0.254 e. The van der Waals surface area contributed by atoms with Crippen LogP contribution in [0.2, 0.25) is 0 Å². The Morgan fingerprint density at radius 2 is 1.24 bits per heavy atom. The average Bonchev–Trinajstić information content (AvgIpc) is 4.07. The van der Waals surface area contributed by atoms with Crippen molar-refractivity contribution in [2.45, 2.75) is 63.5 Å². The Morgan fingerprint density at radius 1 is 0.685 bits per heavy atom. The number of carbonyl (C=O) groups excluding carboxylic acids is 2. The van der Waals surface area contributed by atoms with Gasteiger partial charge in [-0.25, -0.2) is 0 Å². The van der Waals surface area contributed by atoms with Crippen molar-refractivity contribution in [1.29, 1.82) is 0 Å². The number of hydrogen-bond acceptors (Lipinski definition) is 9. The molecule has 2 unspecified atom stereocenters. The third-order valence-electron chi connectivity index (χ3n) is 11.5. The highest BCUT2D eigenvalue weighted by molar-refractivity contribution is 7.22. The first-order chi connectivity index (χ1) is 26.5. The molecule has 11 heteroatoms. The SMILES string of the molecule is COc1ccc2cc(-c3ccc(C(=O)N4CCCC4CN4CCCC4)cc3)sc2c1.O=C(c1ccc(-c2csnn2)cc1)N1CCCC1CN1CCCC1. The molecule has 0 aliphatic carbocycles. The zero-order valence-electron chi connectivity index (χ0n) is 31.2. The molecular weight excluding hydrogens is 713 g/mol. The van der Waals surface area contributed by atoms with Crippen LogP contribution in [0.3, 0.4) is 0 Å². The highest BCUT2D eigenvalue weighted by Gasteiger charge is 2.32. The minimum absolute atomic E-state index is 0.166. The van der Waals surface area contributed by atoms with Gasteiger partial charge in [0.05, 0.1) is 7.11 Å². The molecule has 9 rings (SSSR count). The average molecular weight is 763 g/mol. The Labute approximate surface area is 326 Å². The number of likely N-dealkylation sites (tertiary alicyclic amines) is 4. The molecule has 2 amide bonds. The molecule has 282 valence electrons. The van der Waals surface area contributed by atoms with Crippen molar-refractivity contribution < 1.29 is 14.3 Å². The van der Waals surface area contributed by atoms with Crippen molar-refractivity contribution in [3.63, 3.8) is 0 Å². The lowest BCUT2D eigenvalue weighted by Crippen LogP contribution is -2.42. The Hall–Kier alpha value is -4.16. The van der Waals surface area contributed by atoms with E-state index in [9.17, 15) is 9.59 Å². The fourth-order valence-corrected chi connectivity index (χ4v) is 10.1. The Balaban J connectivity index is 0.000000157. The van der Waals surface area contributed by atoms with Crippen LogP contribution in [0.1, 0.15) is 72.1 Å². The first-order valence-corrected chi connectivity index (χ1v) is 21.3. The van der Waals surface area contributed by atoms with E-state index >= 15 is 0 Å². The van der Waals surface area contributed by atoms with E-state index in [1.807, 2.05) is 47.8 Å². The van der Waals surface area contributed by atoms with Crippen LogP contribution in [0, 0.1) is 0 Å². The lowest BCUT2D eigenvalue weighted by Gasteiger charge is -2.28. The summed E-state index contributed by atoms with van der Waals surface area (Å²) in [5.41, 5.74) is 4.61. The van der Waals surface area contributed by atoms with Crippen LogP contribution in [0.25, 0.3) is 31.8 Å². The van der Waals surface area contributed by atoms with Gasteiger partial charge in [0.1, 0.15) is 11.4 Å². The molecule has 0 N–H and O–H groups in total. The minimum Gasteiger partial charge on any atom is -0.497 e. The quantitative estimate of drug-likeness (QED) is 0.150. The second kappa shape index (κ2) is 17.1. The van der Waals surface area contributed by atoms with Crippen molar-refractivity contribution >= 4 is 44.8 Å². The number of hydrogen-bond donors (Lipinski definition) is 0.